The molecule has 0 unspecified atom stereocenters. The summed E-state index contributed by atoms with van der Waals surface area (Å²) in [6.07, 6.45) is 0. The predicted molar refractivity (Wildman–Crippen MR) is 79.3 cm³/mol. The number of ether oxygens (including phenoxy) is 1. The third-order valence-corrected chi connectivity index (χ3v) is 3.88. The molecule has 0 spiro atoms. The van der Waals surface area contributed by atoms with E-state index in [1.807, 2.05) is 44.3 Å². The zero-order valence-corrected chi connectivity index (χ0v) is 12.6. The van der Waals surface area contributed by atoms with Crippen LogP contribution in [-0.2, 0) is 16.1 Å². The fourth-order valence-corrected chi connectivity index (χ4v) is 2.41. The molecule has 1 aliphatic rings. The number of nitrogens with one attached hydrogen (secondary N) is 1. The molecule has 0 saturated carbocycles. The fraction of sp³-hybridized carbons (Fsp3) is 0.562. The maximum Gasteiger partial charge on any atom is 0.237 e. The van der Waals surface area contributed by atoms with Crippen LogP contribution in [0.4, 0.5) is 0 Å². The van der Waals surface area contributed by atoms with Crippen LogP contribution in [-0.4, -0.2) is 43.7 Å². The Morgan fingerprint density at radius 3 is 2.60 bits per heavy atom. The van der Waals surface area contributed by atoms with Crippen molar-refractivity contribution in [2.45, 2.75) is 26.4 Å². The Labute approximate surface area is 121 Å². The van der Waals surface area contributed by atoms with Crippen LogP contribution in [0.2, 0.25) is 0 Å². The Bertz CT molecular complexity index is 443. The summed E-state index contributed by atoms with van der Waals surface area (Å²) in [6, 6.07) is 9.84. The average molecular weight is 276 g/mol. The molecule has 1 heterocycles. The summed E-state index contributed by atoms with van der Waals surface area (Å²) < 4.78 is 5.26. The summed E-state index contributed by atoms with van der Waals surface area (Å²) in [4.78, 5) is 14.3. The van der Waals surface area contributed by atoms with E-state index < -0.39 is 0 Å². The lowest BCUT2D eigenvalue weighted by Crippen LogP contribution is -2.52. The lowest BCUT2D eigenvalue weighted by atomic mass is 9.88. The second kappa shape index (κ2) is 6.37. The van der Waals surface area contributed by atoms with Gasteiger partial charge in [-0.25, -0.2) is 0 Å². The van der Waals surface area contributed by atoms with E-state index >= 15 is 0 Å². The quantitative estimate of drug-likeness (QED) is 0.859. The van der Waals surface area contributed by atoms with Gasteiger partial charge in [0.1, 0.15) is 0 Å². The molecule has 1 aliphatic heterocycles. The molecule has 0 aromatic heterocycles. The number of carbonyl (C=O) groups excluding carboxylic acids is 1. The summed E-state index contributed by atoms with van der Waals surface area (Å²) in [5.74, 6) is 0.0696. The minimum absolute atomic E-state index is 0.0696. The molecular weight excluding hydrogens is 252 g/mol. The summed E-state index contributed by atoms with van der Waals surface area (Å²) in [6.45, 7) is 7.18. The van der Waals surface area contributed by atoms with E-state index in [0.29, 0.717) is 6.54 Å². The van der Waals surface area contributed by atoms with Crippen molar-refractivity contribution in [3.8, 4) is 0 Å². The number of carbonyl (C=O) groups is 1. The van der Waals surface area contributed by atoms with Crippen LogP contribution in [0.5, 0.6) is 0 Å². The zero-order valence-electron chi connectivity index (χ0n) is 12.6. The van der Waals surface area contributed by atoms with Crippen LogP contribution >= 0.6 is 0 Å². The Morgan fingerprint density at radius 2 is 2.05 bits per heavy atom. The van der Waals surface area contributed by atoms with Gasteiger partial charge in [0.05, 0.1) is 19.3 Å². The Morgan fingerprint density at radius 1 is 1.40 bits per heavy atom. The number of nitrogens with zero attached hydrogens (tertiary/aromatic N) is 1. The molecule has 4 heteroatoms. The summed E-state index contributed by atoms with van der Waals surface area (Å²) in [5.41, 5.74) is 1.32. The lowest BCUT2D eigenvalue weighted by Gasteiger charge is -2.42. The van der Waals surface area contributed by atoms with Gasteiger partial charge in [-0.1, -0.05) is 37.3 Å². The van der Waals surface area contributed by atoms with Crippen LogP contribution in [0.3, 0.4) is 0 Å². The maximum atomic E-state index is 12.2. The van der Waals surface area contributed by atoms with Crippen molar-refractivity contribution in [1.29, 1.82) is 0 Å². The van der Waals surface area contributed by atoms with E-state index in [1.165, 1.54) is 0 Å². The molecule has 4 nitrogen and oxygen atoms in total. The van der Waals surface area contributed by atoms with Gasteiger partial charge in [-0.2, -0.15) is 0 Å². The number of rotatable bonds is 6. The summed E-state index contributed by atoms with van der Waals surface area (Å²) in [5, 5.41) is 2.99. The third kappa shape index (κ3) is 3.81. The largest absolute Gasteiger partial charge is 0.380 e. The van der Waals surface area contributed by atoms with Crippen molar-refractivity contribution in [3.63, 3.8) is 0 Å². The number of amides is 1. The van der Waals surface area contributed by atoms with Crippen molar-refractivity contribution >= 4 is 5.91 Å². The van der Waals surface area contributed by atoms with Crippen molar-refractivity contribution in [2.75, 3.05) is 26.8 Å². The van der Waals surface area contributed by atoms with E-state index in [4.69, 9.17) is 4.74 Å². The van der Waals surface area contributed by atoms with Gasteiger partial charge in [-0.05, 0) is 19.5 Å². The molecule has 1 saturated heterocycles. The van der Waals surface area contributed by atoms with Crippen LogP contribution in [0, 0.1) is 5.41 Å². The molecule has 1 N–H and O–H groups in total. The van der Waals surface area contributed by atoms with Gasteiger partial charge in [-0.3, -0.25) is 9.69 Å². The van der Waals surface area contributed by atoms with Gasteiger partial charge in [0.25, 0.3) is 0 Å². The maximum absolute atomic E-state index is 12.2. The first-order chi connectivity index (χ1) is 9.50. The summed E-state index contributed by atoms with van der Waals surface area (Å²) in [7, 11) is 2.00. The van der Waals surface area contributed by atoms with Crippen molar-refractivity contribution < 1.29 is 9.53 Å². The average Bonchev–Trinajstić information content (AvgIpc) is 2.43. The molecule has 0 bridgehead atoms. The molecule has 0 radical (unpaired) electrons. The second-order valence-electron chi connectivity index (χ2n) is 6.10. The summed E-state index contributed by atoms with van der Waals surface area (Å²) >= 11 is 0. The van der Waals surface area contributed by atoms with Gasteiger partial charge in [0.2, 0.25) is 5.91 Å². The molecule has 2 rings (SSSR count). The smallest absolute Gasteiger partial charge is 0.237 e. The molecule has 1 aromatic carbocycles. The molecule has 0 aliphatic carbocycles. The standard InChI is InChI=1S/C16H24N2O2/c1-13(18(3)10-16(2)11-20-12-16)15(19)17-9-14-7-5-4-6-8-14/h4-8,13H,9-12H2,1-3H3,(H,17,19)/t13-/m0/s1. The molecule has 1 aromatic rings. The van der Waals surface area contributed by atoms with Crippen LogP contribution in [0.25, 0.3) is 0 Å². The zero-order chi connectivity index (χ0) is 14.6. The van der Waals surface area contributed by atoms with Crippen molar-refractivity contribution in [2.24, 2.45) is 5.41 Å². The highest BCUT2D eigenvalue weighted by Crippen LogP contribution is 2.27. The van der Waals surface area contributed by atoms with E-state index in [-0.39, 0.29) is 17.4 Å². The van der Waals surface area contributed by atoms with Gasteiger partial charge in [-0.15, -0.1) is 0 Å². The highest BCUT2D eigenvalue weighted by Gasteiger charge is 2.36. The molecule has 1 amide bonds. The highest BCUT2D eigenvalue weighted by atomic mass is 16.5. The number of hydrogen-bond acceptors (Lipinski definition) is 3. The normalized spacial score (nSPS) is 18.4. The fourth-order valence-electron chi connectivity index (χ4n) is 2.41. The van der Waals surface area contributed by atoms with Crippen LogP contribution < -0.4 is 5.32 Å². The van der Waals surface area contributed by atoms with E-state index in [9.17, 15) is 4.79 Å². The van der Waals surface area contributed by atoms with Gasteiger partial charge in [0, 0.05) is 18.5 Å². The number of likely N-dealkylation sites (N-methyl/N-ethyl adjacent to an activating group) is 1. The molecule has 110 valence electrons. The molecular formula is C16H24N2O2. The predicted octanol–water partition coefficient (Wildman–Crippen LogP) is 1.66. The van der Waals surface area contributed by atoms with Crippen molar-refractivity contribution in [1.82, 2.24) is 10.2 Å². The van der Waals surface area contributed by atoms with E-state index in [0.717, 1.165) is 25.3 Å². The minimum atomic E-state index is -0.129. The van der Waals surface area contributed by atoms with Crippen LogP contribution in [0.15, 0.2) is 30.3 Å². The minimum Gasteiger partial charge on any atom is -0.380 e. The SMILES string of the molecule is C[C@@H](C(=O)NCc1ccccc1)N(C)CC1(C)COC1. The Hall–Kier alpha value is -1.39. The number of benzene rings is 1. The van der Waals surface area contributed by atoms with Gasteiger partial charge in [0.15, 0.2) is 0 Å². The highest BCUT2D eigenvalue weighted by molar-refractivity contribution is 5.81. The topological polar surface area (TPSA) is 41.6 Å². The monoisotopic (exact) mass is 276 g/mol. The first-order valence-corrected chi connectivity index (χ1v) is 7.10. The second-order valence-corrected chi connectivity index (χ2v) is 6.10. The number of hydrogen-bond donors (Lipinski definition) is 1. The van der Waals surface area contributed by atoms with E-state index in [2.05, 4.69) is 17.1 Å². The van der Waals surface area contributed by atoms with Crippen LogP contribution in [0.1, 0.15) is 19.4 Å². The molecule has 20 heavy (non-hydrogen) atoms. The van der Waals surface area contributed by atoms with E-state index in [1.54, 1.807) is 0 Å². The first-order valence-electron chi connectivity index (χ1n) is 7.10. The van der Waals surface area contributed by atoms with Gasteiger partial charge >= 0.3 is 0 Å². The molecule has 1 atom stereocenters. The first kappa shape index (κ1) is 15.0. The lowest BCUT2D eigenvalue weighted by molar-refractivity contribution is -0.133. The molecule has 1 fully saturated rings. The third-order valence-electron chi connectivity index (χ3n) is 3.88. The van der Waals surface area contributed by atoms with Crippen molar-refractivity contribution in [3.05, 3.63) is 35.9 Å². The van der Waals surface area contributed by atoms with Gasteiger partial charge < -0.3 is 10.1 Å². The Kier molecular flexibility index (Phi) is 4.78. The Balaban J connectivity index is 1.79.